The van der Waals surface area contributed by atoms with Crippen molar-refractivity contribution in [2.75, 3.05) is 27.3 Å². The van der Waals surface area contributed by atoms with Crippen LogP contribution in [-0.2, 0) is 14.3 Å². The van der Waals surface area contributed by atoms with E-state index in [4.69, 9.17) is 4.74 Å². The first-order chi connectivity index (χ1) is 8.66. The second kappa shape index (κ2) is 8.08. The largest absolute Gasteiger partial charge is 0.385 e. The lowest BCUT2D eigenvalue weighted by molar-refractivity contribution is -0.146. The van der Waals surface area contributed by atoms with Crippen molar-refractivity contribution in [3.05, 3.63) is 0 Å². The Kier molecular flexibility index (Phi) is 6.72. The zero-order chi connectivity index (χ0) is 13.4. The molecule has 0 atom stereocenters. The van der Waals surface area contributed by atoms with E-state index in [9.17, 15) is 9.59 Å². The molecule has 0 unspecified atom stereocenters. The summed E-state index contributed by atoms with van der Waals surface area (Å²) in [5.41, 5.74) is 0. The van der Waals surface area contributed by atoms with Gasteiger partial charge in [0.25, 0.3) is 0 Å². The van der Waals surface area contributed by atoms with E-state index in [2.05, 4.69) is 5.32 Å². The molecule has 18 heavy (non-hydrogen) atoms. The molecule has 0 heterocycles. The Morgan fingerprint density at radius 2 is 1.94 bits per heavy atom. The zero-order valence-corrected chi connectivity index (χ0v) is 11.4. The molecule has 1 fully saturated rings. The molecule has 0 aromatic rings. The molecule has 0 saturated heterocycles. The van der Waals surface area contributed by atoms with Crippen molar-refractivity contribution in [2.45, 2.75) is 44.6 Å². The van der Waals surface area contributed by atoms with Crippen LogP contribution in [0.2, 0.25) is 0 Å². The average Bonchev–Trinajstić information content (AvgIpc) is 2.42. The fourth-order valence-corrected chi connectivity index (χ4v) is 2.29. The predicted octanol–water partition coefficient (Wildman–Crippen LogP) is 0.930. The lowest BCUT2D eigenvalue weighted by Crippen LogP contribution is -2.46. The number of rotatable bonds is 5. The summed E-state index contributed by atoms with van der Waals surface area (Å²) in [5, 5.41) is 2.63. The highest BCUT2D eigenvalue weighted by Crippen LogP contribution is 2.21. The molecule has 5 heteroatoms. The average molecular weight is 256 g/mol. The lowest BCUT2D eigenvalue weighted by atomic mass is 9.94. The number of likely N-dealkylation sites (N-methyl/N-ethyl adjacent to an activating group) is 1. The normalized spacial score (nSPS) is 16.3. The topological polar surface area (TPSA) is 58.6 Å². The van der Waals surface area contributed by atoms with Gasteiger partial charge in [-0.1, -0.05) is 19.3 Å². The number of carbonyl (C=O) groups excluding carboxylic acids is 2. The van der Waals surface area contributed by atoms with Gasteiger partial charge >= 0.3 is 11.8 Å². The maximum atomic E-state index is 11.9. The minimum atomic E-state index is -0.501. The molecule has 0 aromatic heterocycles. The molecule has 1 aliphatic rings. The molecule has 0 bridgehead atoms. The third kappa shape index (κ3) is 4.64. The summed E-state index contributed by atoms with van der Waals surface area (Å²) in [6, 6.07) is 0.232. The molecular weight excluding hydrogens is 232 g/mol. The number of nitrogens with one attached hydrogen (secondary N) is 1. The zero-order valence-electron chi connectivity index (χ0n) is 11.4. The molecule has 1 saturated carbocycles. The van der Waals surface area contributed by atoms with Gasteiger partial charge in [0.2, 0.25) is 0 Å². The Morgan fingerprint density at radius 3 is 2.56 bits per heavy atom. The highest BCUT2D eigenvalue weighted by Gasteiger charge is 2.26. The molecule has 0 radical (unpaired) electrons. The maximum absolute atomic E-state index is 11.9. The van der Waals surface area contributed by atoms with Gasteiger partial charge in [0, 0.05) is 33.4 Å². The monoisotopic (exact) mass is 256 g/mol. The molecule has 0 spiro atoms. The third-order valence-corrected chi connectivity index (χ3v) is 3.45. The molecule has 1 aliphatic carbocycles. The fourth-order valence-electron chi connectivity index (χ4n) is 2.29. The van der Waals surface area contributed by atoms with Crippen LogP contribution in [0.1, 0.15) is 38.5 Å². The van der Waals surface area contributed by atoms with Crippen LogP contribution in [0.3, 0.4) is 0 Å². The highest BCUT2D eigenvalue weighted by atomic mass is 16.5. The smallest absolute Gasteiger partial charge is 0.311 e. The quantitative estimate of drug-likeness (QED) is 0.588. The number of nitrogens with zero attached hydrogens (tertiary/aromatic N) is 1. The summed E-state index contributed by atoms with van der Waals surface area (Å²) in [7, 11) is 3.34. The van der Waals surface area contributed by atoms with E-state index in [1.807, 2.05) is 0 Å². The van der Waals surface area contributed by atoms with Crippen LogP contribution in [0.15, 0.2) is 0 Å². The molecule has 0 aliphatic heterocycles. The van der Waals surface area contributed by atoms with Crippen molar-refractivity contribution in [3.8, 4) is 0 Å². The van der Waals surface area contributed by atoms with E-state index >= 15 is 0 Å². The van der Waals surface area contributed by atoms with Gasteiger partial charge in [0.05, 0.1) is 0 Å². The molecule has 0 aromatic carbocycles. The van der Waals surface area contributed by atoms with Crippen molar-refractivity contribution < 1.29 is 14.3 Å². The minimum Gasteiger partial charge on any atom is -0.385 e. The molecular formula is C13H24N2O3. The van der Waals surface area contributed by atoms with Crippen LogP contribution in [0.4, 0.5) is 0 Å². The number of hydrogen-bond acceptors (Lipinski definition) is 3. The van der Waals surface area contributed by atoms with E-state index in [0.717, 1.165) is 32.1 Å². The van der Waals surface area contributed by atoms with Crippen molar-refractivity contribution in [3.63, 3.8) is 0 Å². The van der Waals surface area contributed by atoms with Crippen LogP contribution in [-0.4, -0.2) is 50.1 Å². The van der Waals surface area contributed by atoms with Gasteiger partial charge < -0.3 is 15.0 Å². The maximum Gasteiger partial charge on any atom is 0.311 e. The number of hydrogen-bond donors (Lipinski definition) is 1. The predicted molar refractivity (Wildman–Crippen MR) is 69.1 cm³/mol. The van der Waals surface area contributed by atoms with Gasteiger partial charge in [-0.25, -0.2) is 0 Å². The Morgan fingerprint density at radius 1 is 1.28 bits per heavy atom. The van der Waals surface area contributed by atoms with Crippen LogP contribution in [0, 0.1) is 0 Å². The van der Waals surface area contributed by atoms with Crippen LogP contribution >= 0.6 is 0 Å². The summed E-state index contributed by atoms with van der Waals surface area (Å²) >= 11 is 0. The Bertz CT molecular complexity index is 275. The highest BCUT2D eigenvalue weighted by molar-refractivity contribution is 6.35. The molecule has 104 valence electrons. The SMILES string of the molecule is COCCCNC(=O)C(=O)N(C)C1CCCCC1. The lowest BCUT2D eigenvalue weighted by Gasteiger charge is -2.30. The number of methoxy groups -OCH3 is 1. The summed E-state index contributed by atoms with van der Waals surface area (Å²) in [6.45, 7) is 1.07. The summed E-state index contributed by atoms with van der Waals surface area (Å²) in [5.74, 6) is -0.918. The van der Waals surface area contributed by atoms with E-state index in [1.54, 1.807) is 19.1 Å². The van der Waals surface area contributed by atoms with E-state index in [-0.39, 0.29) is 6.04 Å². The number of amides is 2. The van der Waals surface area contributed by atoms with Gasteiger partial charge in [-0.05, 0) is 19.3 Å². The third-order valence-electron chi connectivity index (χ3n) is 3.45. The first-order valence-corrected chi connectivity index (χ1v) is 6.70. The van der Waals surface area contributed by atoms with Gasteiger partial charge in [-0.2, -0.15) is 0 Å². The minimum absolute atomic E-state index is 0.232. The number of ether oxygens (including phenoxy) is 1. The Hall–Kier alpha value is -1.10. The summed E-state index contributed by atoms with van der Waals surface area (Å²) < 4.78 is 4.88. The first kappa shape index (κ1) is 15.0. The van der Waals surface area contributed by atoms with Gasteiger partial charge in [-0.3, -0.25) is 9.59 Å². The standard InChI is InChI=1S/C13H24N2O3/c1-15(11-7-4-3-5-8-11)13(17)12(16)14-9-6-10-18-2/h11H,3-10H2,1-2H3,(H,14,16). The number of carbonyl (C=O) groups is 2. The molecule has 2 amide bonds. The van der Waals surface area contributed by atoms with E-state index in [1.165, 1.54) is 6.42 Å². The summed E-state index contributed by atoms with van der Waals surface area (Å²) in [6.07, 6.45) is 6.29. The van der Waals surface area contributed by atoms with Crippen molar-refractivity contribution in [1.29, 1.82) is 0 Å². The Balaban J connectivity index is 2.30. The van der Waals surface area contributed by atoms with E-state index in [0.29, 0.717) is 13.2 Å². The van der Waals surface area contributed by atoms with Gasteiger partial charge in [-0.15, -0.1) is 0 Å². The molecule has 1 N–H and O–H groups in total. The second-order valence-corrected chi connectivity index (χ2v) is 4.81. The summed E-state index contributed by atoms with van der Waals surface area (Å²) in [4.78, 5) is 25.1. The molecule has 1 rings (SSSR count). The van der Waals surface area contributed by atoms with Crippen LogP contribution < -0.4 is 5.32 Å². The van der Waals surface area contributed by atoms with Crippen molar-refractivity contribution in [2.24, 2.45) is 0 Å². The first-order valence-electron chi connectivity index (χ1n) is 6.70. The van der Waals surface area contributed by atoms with E-state index < -0.39 is 11.8 Å². The Labute approximate surface area is 109 Å². The fraction of sp³-hybridized carbons (Fsp3) is 0.846. The molecule has 5 nitrogen and oxygen atoms in total. The van der Waals surface area contributed by atoms with Crippen LogP contribution in [0.5, 0.6) is 0 Å². The van der Waals surface area contributed by atoms with Crippen molar-refractivity contribution >= 4 is 11.8 Å². The second-order valence-electron chi connectivity index (χ2n) is 4.81. The van der Waals surface area contributed by atoms with Gasteiger partial charge in [0.1, 0.15) is 0 Å². The van der Waals surface area contributed by atoms with Crippen LogP contribution in [0.25, 0.3) is 0 Å². The van der Waals surface area contributed by atoms with Crippen molar-refractivity contribution in [1.82, 2.24) is 10.2 Å². The van der Waals surface area contributed by atoms with Gasteiger partial charge in [0.15, 0.2) is 0 Å².